The van der Waals surface area contributed by atoms with Gasteiger partial charge in [-0.05, 0) is 102 Å². The third-order valence-electron chi connectivity index (χ3n) is 7.13. The quantitative estimate of drug-likeness (QED) is 0.386. The Balaban J connectivity index is 0.000000170. The number of hydrogen-bond acceptors (Lipinski definition) is 5. The third kappa shape index (κ3) is 5.43. The van der Waals surface area contributed by atoms with Gasteiger partial charge < -0.3 is 14.6 Å². The van der Waals surface area contributed by atoms with Crippen LogP contribution in [0.4, 0.5) is 0 Å². The van der Waals surface area contributed by atoms with Crippen LogP contribution in [0.2, 0.25) is 0 Å². The van der Waals surface area contributed by atoms with Gasteiger partial charge in [-0.1, -0.05) is 13.0 Å². The molecule has 5 rings (SSSR count). The summed E-state index contributed by atoms with van der Waals surface area (Å²) >= 11 is 0. The van der Waals surface area contributed by atoms with Gasteiger partial charge in [-0.25, -0.2) is 9.59 Å². The van der Waals surface area contributed by atoms with Crippen LogP contribution in [0.3, 0.4) is 0 Å². The summed E-state index contributed by atoms with van der Waals surface area (Å²) in [6.45, 7) is 10.5. The molecule has 0 aromatic rings. The molecule has 0 aromatic carbocycles. The summed E-state index contributed by atoms with van der Waals surface area (Å²) < 4.78 is 10.9. The zero-order valence-corrected chi connectivity index (χ0v) is 18.0. The molecule has 0 radical (unpaired) electrons. The summed E-state index contributed by atoms with van der Waals surface area (Å²) in [4.78, 5) is 22.8. The average molecular weight is 405 g/mol. The molecule has 5 fully saturated rings. The predicted molar refractivity (Wildman–Crippen MR) is 111 cm³/mol. The van der Waals surface area contributed by atoms with Crippen molar-refractivity contribution < 1.29 is 24.2 Å². The first-order valence-electron chi connectivity index (χ1n) is 11.1. The lowest BCUT2D eigenvalue weighted by Gasteiger charge is -2.55. The Morgan fingerprint density at radius 3 is 1.76 bits per heavy atom. The lowest BCUT2D eigenvalue weighted by molar-refractivity contribution is -0.182. The van der Waals surface area contributed by atoms with Crippen molar-refractivity contribution in [3.8, 4) is 0 Å². The van der Waals surface area contributed by atoms with E-state index in [9.17, 15) is 9.59 Å². The summed E-state index contributed by atoms with van der Waals surface area (Å²) in [5, 5.41) is 8.80. The smallest absolute Gasteiger partial charge is 0.373 e. The highest BCUT2D eigenvalue weighted by Crippen LogP contribution is 2.57. The van der Waals surface area contributed by atoms with Crippen molar-refractivity contribution in [2.24, 2.45) is 17.8 Å². The lowest BCUT2D eigenvalue weighted by Crippen LogP contribution is -2.52. The third-order valence-corrected chi connectivity index (χ3v) is 7.13. The molecule has 5 aliphatic rings. The molecule has 5 nitrogen and oxygen atoms in total. The Kier molecular flexibility index (Phi) is 6.45. The largest absolute Gasteiger partial charge is 0.502 e. The van der Waals surface area contributed by atoms with E-state index in [2.05, 4.69) is 13.2 Å². The van der Waals surface area contributed by atoms with Crippen LogP contribution in [0.1, 0.15) is 84.5 Å². The van der Waals surface area contributed by atoms with Crippen LogP contribution < -0.4 is 0 Å². The van der Waals surface area contributed by atoms with Crippen molar-refractivity contribution in [1.29, 1.82) is 0 Å². The van der Waals surface area contributed by atoms with Gasteiger partial charge in [0, 0.05) is 5.57 Å². The first-order valence-corrected chi connectivity index (χ1v) is 11.1. The zero-order valence-electron chi connectivity index (χ0n) is 18.0. The molecule has 29 heavy (non-hydrogen) atoms. The number of hydrogen-bond donors (Lipinski definition) is 1. The summed E-state index contributed by atoms with van der Waals surface area (Å²) in [6, 6.07) is 0. The van der Waals surface area contributed by atoms with E-state index in [0.29, 0.717) is 5.57 Å². The molecule has 0 spiro atoms. The van der Waals surface area contributed by atoms with Gasteiger partial charge >= 0.3 is 11.9 Å². The first-order chi connectivity index (χ1) is 13.6. The molecule has 5 heteroatoms. The highest BCUT2D eigenvalue weighted by Gasteiger charge is 2.53. The molecule has 162 valence electrons. The van der Waals surface area contributed by atoms with Gasteiger partial charge in [0.2, 0.25) is 0 Å². The van der Waals surface area contributed by atoms with Crippen LogP contribution in [0, 0.1) is 17.8 Å². The standard InChI is InChI=1S/C14H20O2.C10H16O3/c1-9(2)13(15)16-14-6-10-3-11(7-14)5-12(4-10)8-14;1-8(11)9(12)13-10(2)6-4-3-5-7-10/h10-12H,1,3-8H2,2H3;11H,1,3-7H2,2H3. The van der Waals surface area contributed by atoms with E-state index < -0.39 is 11.7 Å². The molecule has 1 N–H and O–H groups in total. The maximum atomic E-state index is 11.7. The van der Waals surface area contributed by atoms with Gasteiger partial charge in [0.05, 0.1) is 0 Å². The van der Waals surface area contributed by atoms with Crippen LogP contribution in [0.15, 0.2) is 24.5 Å². The second kappa shape index (κ2) is 8.53. The van der Waals surface area contributed by atoms with E-state index in [4.69, 9.17) is 14.6 Å². The summed E-state index contributed by atoms with van der Waals surface area (Å²) in [7, 11) is 0. The minimum absolute atomic E-state index is 0.106. The van der Waals surface area contributed by atoms with E-state index in [1.165, 1.54) is 25.7 Å². The van der Waals surface area contributed by atoms with Gasteiger partial charge in [-0.15, -0.1) is 0 Å². The minimum Gasteiger partial charge on any atom is -0.502 e. The van der Waals surface area contributed by atoms with Gasteiger partial charge in [-0.3, -0.25) is 0 Å². The number of carbonyl (C=O) groups is 2. The molecule has 0 heterocycles. The molecule has 0 atom stereocenters. The lowest BCUT2D eigenvalue weighted by atomic mass is 9.54. The van der Waals surface area contributed by atoms with Gasteiger partial charge in [0.15, 0.2) is 5.76 Å². The first kappa shape index (κ1) is 21.9. The topological polar surface area (TPSA) is 72.8 Å². The molecule has 0 unspecified atom stereocenters. The Labute approximate surface area is 174 Å². The van der Waals surface area contributed by atoms with Crippen molar-refractivity contribution in [3.63, 3.8) is 0 Å². The van der Waals surface area contributed by atoms with Crippen molar-refractivity contribution >= 4 is 11.9 Å². The Morgan fingerprint density at radius 1 is 0.862 bits per heavy atom. The van der Waals surface area contributed by atoms with Gasteiger partial charge in [0.25, 0.3) is 0 Å². The molecular weight excluding hydrogens is 368 g/mol. The van der Waals surface area contributed by atoms with Crippen molar-refractivity contribution in [1.82, 2.24) is 0 Å². The molecule has 5 saturated carbocycles. The predicted octanol–water partition coefficient (Wildman–Crippen LogP) is 5.40. The molecule has 0 saturated heterocycles. The van der Waals surface area contributed by atoms with Gasteiger partial charge in [0.1, 0.15) is 11.2 Å². The summed E-state index contributed by atoms with van der Waals surface area (Å²) in [5.41, 5.74) is 0.0435. The Hall–Kier alpha value is -1.78. The summed E-state index contributed by atoms with van der Waals surface area (Å²) in [6.07, 6.45) is 12.6. The fourth-order valence-electron chi connectivity index (χ4n) is 6.12. The highest BCUT2D eigenvalue weighted by atomic mass is 16.6. The molecular formula is C24H36O5. The Bertz CT molecular complexity index is 635. The number of carbonyl (C=O) groups excluding carboxylic acids is 2. The molecule has 4 bridgehead atoms. The van der Waals surface area contributed by atoms with E-state index in [1.807, 2.05) is 6.92 Å². The maximum absolute atomic E-state index is 11.7. The van der Waals surface area contributed by atoms with Crippen LogP contribution in [0.25, 0.3) is 0 Å². The van der Waals surface area contributed by atoms with Crippen LogP contribution in [-0.2, 0) is 19.1 Å². The van der Waals surface area contributed by atoms with Crippen molar-refractivity contribution in [2.45, 2.75) is 95.7 Å². The minimum atomic E-state index is -0.690. The second-order valence-electron chi connectivity index (χ2n) is 10.1. The summed E-state index contributed by atoms with van der Waals surface area (Å²) in [5.74, 6) is 1.09. The molecule has 0 aliphatic heterocycles. The fraction of sp³-hybridized carbons (Fsp3) is 0.750. The van der Waals surface area contributed by atoms with Crippen molar-refractivity contribution in [3.05, 3.63) is 24.5 Å². The molecule has 0 amide bonds. The zero-order chi connectivity index (χ0) is 21.2. The van der Waals surface area contributed by atoms with Crippen molar-refractivity contribution in [2.75, 3.05) is 0 Å². The number of aliphatic hydroxyl groups is 1. The Morgan fingerprint density at radius 2 is 1.34 bits per heavy atom. The maximum Gasteiger partial charge on any atom is 0.373 e. The monoisotopic (exact) mass is 404 g/mol. The normalized spacial score (nSPS) is 33.8. The van der Waals surface area contributed by atoms with E-state index in [0.717, 1.165) is 62.7 Å². The van der Waals surface area contributed by atoms with Crippen LogP contribution in [-0.4, -0.2) is 28.2 Å². The van der Waals surface area contributed by atoms with Crippen LogP contribution >= 0.6 is 0 Å². The SMILES string of the molecule is C=C(C)C(=O)OC12CC3CC(CC(C3)C1)C2.C=C(O)C(=O)OC1(C)CCCCC1. The molecule has 0 aromatic heterocycles. The van der Waals surface area contributed by atoms with E-state index in [1.54, 1.807) is 6.92 Å². The number of esters is 2. The molecule has 5 aliphatic carbocycles. The van der Waals surface area contributed by atoms with Crippen LogP contribution in [0.5, 0.6) is 0 Å². The highest BCUT2D eigenvalue weighted by molar-refractivity contribution is 5.87. The van der Waals surface area contributed by atoms with E-state index in [-0.39, 0.29) is 17.2 Å². The number of ether oxygens (including phenoxy) is 2. The number of rotatable bonds is 4. The number of aliphatic hydroxyl groups excluding tert-OH is 1. The average Bonchev–Trinajstić information content (AvgIpc) is 2.60. The van der Waals surface area contributed by atoms with E-state index >= 15 is 0 Å². The van der Waals surface area contributed by atoms with Gasteiger partial charge in [-0.2, -0.15) is 0 Å². The second-order valence-corrected chi connectivity index (χ2v) is 10.1. The fourth-order valence-corrected chi connectivity index (χ4v) is 6.12.